The Balaban J connectivity index is 2.51. The van der Waals surface area contributed by atoms with Crippen molar-refractivity contribution in [1.29, 1.82) is 0 Å². The molecular formula is C13H23N3O. The molecule has 0 fully saturated rings. The second-order valence-electron chi connectivity index (χ2n) is 3.93. The van der Waals surface area contributed by atoms with Crippen molar-refractivity contribution in [3.8, 4) is 0 Å². The molecule has 0 unspecified atom stereocenters. The third-order valence-electron chi connectivity index (χ3n) is 2.46. The van der Waals surface area contributed by atoms with E-state index < -0.39 is 0 Å². The Bertz CT molecular complexity index is 317. The first-order valence-corrected chi connectivity index (χ1v) is 6.27. The monoisotopic (exact) mass is 237 g/mol. The van der Waals surface area contributed by atoms with Gasteiger partial charge in [-0.25, -0.2) is 4.98 Å². The van der Waals surface area contributed by atoms with E-state index in [9.17, 15) is 0 Å². The first-order valence-electron chi connectivity index (χ1n) is 6.27. The smallest absolute Gasteiger partial charge is 0.130 e. The lowest BCUT2D eigenvalue weighted by Gasteiger charge is -2.18. The maximum atomic E-state index is 5.34. The fourth-order valence-corrected chi connectivity index (χ4v) is 1.45. The highest BCUT2D eigenvalue weighted by Gasteiger charge is 2.02. The largest absolute Gasteiger partial charge is 0.380 e. The van der Waals surface area contributed by atoms with Crippen LogP contribution in [0.4, 0.5) is 11.6 Å². The van der Waals surface area contributed by atoms with Crippen LogP contribution in [-0.2, 0) is 4.74 Å². The normalized spacial score (nSPS) is 10.3. The lowest BCUT2D eigenvalue weighted by atomic mass is 10.4. The van der Waals surface area contributed by atoms with Gasteiger partial charge in [-0.15, -0.1) is 0 Å². The van der Waals surface area contributed by atoms with Gasteiger partial charge in [0.25, 0.3) is 0 Å². The summed E-state index contributed by atoms with van der Waals surface area (Å²) in [5, 5.41) is 3.29. The van der Waals surface area contributed by atoms with E-state index in [0.717, 1.165) is 44.4 Å². The number of likely N-dealkylation sites (N-methyl/N-ethyl adjacent to an activating group) is 1. The summed E-state index contributed by atoms with van der Waals surface area (Å²) >= 11 is 0. The summed E-state index contributed by atoms with van der Waals surface area (Å²) in [4.78, 5) is 6.65. The average molecular weight is 237 g/mol. The molecule has 1 heterocycles. The Morgan fingerprint density at radius 2 is 2.18 bits per heavy atom. The zero-order valence-corrected chi connectivity index (χ0v) is 11.1. The molecule has 1 N–H and O–H groups in total. The third kappa shape index (κ3) is 5.04. The third-order valence-corrected chi connectivity index (χ3v) is 2.46. The second kappa shape index (κ2) is 7.90. The maximum absolute atomic E-state index is 5.34. The van der Waals surface area contributed by atoms with E-state index in [1.165, 1.54) is 0 Å². The molecule has 4 nitrogen and oxygen atoms in total. The Kier molecular flexibility index (Phi) is 6.40. The van der Waals surface area contributed by atoms with Crippen molar-refractivity contribution < 1.29 is 4.74 Å². The van der Waals surface area contributed by atoms with Gasteiger partial charge < -0.3 is 15.0 Å². The molecule has 0 saturated carbocycles. The van der Waals surface area contributed by atoms with E-state index in [1.54, 1.807) is 0 Å². The molecule has 0 saturated heterocycles. The van der Waals surface area contributed by atoms with Crippen LogP contribution in [0.25, 0.3) is 0 Å². The standard InChI is InChI=1S/C13H23N3O/c1-4-9-14-12-7-6-8-13(15-12)16(3)10-11-17-5-2/h6-8H,4-5,9-11H2,1-3H3,(H,14,15). The van der Waals surface area contributed by atoms with Crippen LogP contribution >= 0.6 is 0 Å². The molecule has 1 aromatic heterocycles. The fraction of sp³-hybridized carbons (Fsp3) is 0.615. The van der Waals surface area contributed by atoms with Crippen LogP contribution in [0.3, 0.4) is 0 Å². The molecule has 0 bridgehead atoms. The summed E-state index contributed by atoms with van der Waals surface area (Å²) < 4.78 is 5.34. The Labute approximate surface area is 104 Å². The van der Waals surface area contributed by atoms with Crippen LogP contribution in [0.5, 0.6) is 0 Å². The summed E-state index contributed by atoms with van der Waals surface area (Å²) in [6.07, 6.45) is 1.10. The van der Waals surface area contributed by atoms with Crippen LogP contribution in [-0.4, -0.2) is 38.3 Å². The molecule has 96 valence electrons. The minimum atomic E-state index is 0.737. The van der Waals surface area contributed by atoms with E-state index in [-0.39, 0.29) is 0 Å². The van der Waals surface area contributed by atoms with E-state index in [2.05, 4.69) is 22.1 Å². The Morgan fingerprint density at radius 1 is 1.35 bits per heavy atom. The molecule has 0 aliphatic heterocycles. The number of hydrogen-bond acceptors (Lipinski definition) is 4. The highest BCUT2D eigenvalue weighted by Crippen LogP contribution is 2.12. The molecular weight excluding hydrogens is 214 g/mol. The molecule has 0 amide bonds. The lowest BCUT2D eigenvalue weighted by molar-refractivity contribution is 0.154. The SMILES string of the molecule is CCCNc1cccc(N(C)CCOCC)n1. The topological polar surface area (TPSA) is 37.4 Å². The van der Waals surface area contributed by atoms with Crippen LogP contribution in [0.15, 0.2) is 18.2 Å². The predicted molar refractivity (Wildman–Crippen MR) is 72.8 cm³/mol. The molecule has 0 spiro atoms. The molecule has 1 aromatic rings. The number of aromatic nitrogens is 1. The number of anilines is 2. The lowest BCUT2D eigenvalue weighted by Crippen LogP contribution is -2.23. The molecule has 0 radical (unpaired) electrons. The first-order chi connectivity index (χ1) is 8.27. The van der Waals surface area contributed by atoms with Gasteiger partial charge in [-0.1, -0.05) is 13.0 Å². The van der Waals surface area contributed by atoms with Gasteiger partial charge in [0, 0.05) is 26.7 Å². The highest BCUT2D eigenvalue weighted by atomic mass is 16.5. The predicted octanol–water partition coefficient (Wildman–Crippen LogP) is 2.38. The summed E-state index contributed by atoms with van der Waals surface area (Å²) in [6.45, 7) is 7.47. The van der Waals surface area contributed by atoms with Crippen molar-refractivity contribution in [3.63, 3.8) is 0 Å². The van der Waals surface area contributed by atoms with Gasteiger partial charge in [-0.05, 0) is 25.5 Å². The Morgan fingerprint density at radius 3 is 2.88 bits per heavy atom. The maximum Gasteiger partial charge on any atom is 0.130 e. The van der Waals surface area contributed by atoms with Crippen molar-refractivity contribution in [2.24, 2.45) is 0 Å². The fourth-order valence-electron chi connectivity index (χ4n) is 1.45. The van der Waals surface area contributed by atoms with Crippen LogP contribution in [0.2, 0.25) is 0 Å². The van der Waals surface area contributed by atoms with E-state index in [4.69, 9.17) is 4.74 Å². The van der Waals surface area contributed by atoms with Crippen molar-refractivity contribution in [2.75, 3.05) is 43.6 Å². The molecule has 4 heteroatoms. The summed E-state index contributed by atoms with van der Waals surface area (Å²) in [5.41, 5.74) is 0. The highest BCUT2D eigenvalue weighted by molar-refractivity contribution is 5.46. The molecule has 0 aliphatic carbocycles. The number of rotatable bonds is 8. The summed E-state index contributed by atoms with van der Waals surface area (Å²) in [5.74, 6) is 1.92. The zero-order valence-electron chi connectivity index (χ0n) is 11.1. The molecule has 0 atom stereocenters. The van der Waals surface area contributed by atoms with Crippen molar-refractivity contribution in [1.82, 2.24) is 4.98 Å². The van der Waals surface area contributed by atoms with E-state index in [0.29, 0.717) is 0 Å². The number of pyridine rings is 1. The van der Waals surface area contributed by atoms with E-state index >= 15 is 0 Å². The number of ether oxygens (including phenoxy) is 1. The molecule has 0 aromatic carbocycles. The van der Waals surface area contributed by atoms with Gasteiger partial charge >= 0.3 is 0 Å². The minimum Gasteiger partial charge on any atom is -0.380 e. The van der Waals surface area contributed by atoms with Crippen LogP contribution in [0.1, 0.15) is 20.3 Å². The van der Waals surface area contributed by atoms with Gasteiger partial charge in [0.15, 0.2) is 0 Å². The minimum absolute atomic E-state index is 0.737. The summed E-state index contributed by atoms with van der Waals surface area (Å²) in [6, 6.07) is 6.04. The number of hydrogen-bond donors (Lipinski definition) is 1. The van der Waals surface area contributed by atoms with Gasteiger partial charge in [0.1, 0.15) is 11.6 Å². The van der Waals surface area contributed by atoms with Crippen molar-refractivity contribution >= 4 is 11.6 Å². The molecule has 0 aliphatic rings. The number of nitrogens with one attached hydrogen (secondary N) is 1. The number of nitrogens with zero attached hydrogens (tertiary/aromatic N) is 2. The van der Waals surface area contributed by atoms with Gasteiger partial charge in [0.05, 0.1) is 6.61 Å². The second-order valence-corrected chi connectivity index (χ2v) is 3.93. The average Bonchev–Trinajstić information content (AvgIpc) is 2.37. The quantitative estimate of drug-likeness (QED) is 0.704. The molecule has 1 rings (SSSR count). The zero-order chi connectivity index (χ0) is 12.5. The molecule has 17 heavy (non-hydrogen) atoms. The first kappa shape index (κ1) is 13.8. The van der Waals surface area contributed by atoms with Gasteiger partial charge in [-0.2, -0.15) is 0 Å². The van der Waals surface area contributed by atoms with Crippen molar-refractivity contribution in [3.05, 3.63) is 18.2 Å². The van der Waals surface area contributed by atoms with E-state index in [1.807, 2.05) is 32.2 Å². The summed E-state index contributed by atoms with van der Waals surface area (Å²) in [7, 11) is 2.03. The van der Waals surface area contributed by atoms with Crippen LogP contribution in [0, 0.1) is 0 Å². The van der Waals surface area contributed by atoms with Crippen molar-refractivity contribution in [2.45, 2.75) is 20.3 Å². The van der Waals surface area contributed by atoms with Gasteiger partial charge in [-0.3, -0.25) is 0 Å². The van der Waals surface area contributed by atoms with Crippen LogP contribution < -0.4 is 10.2 Å². The Hall–Kier alpha value is -1.29. The van der Waals surface area contributed by atoms with Gasteiger partial charge in [0.2, 0.25) is 0 Å².